The van der Waals surface area contributed by atoms with Crippen LogP contribution in [0, 0.1) is 0 Å². The summed E-state index contributed by atoms with van der Waals surface area (Å²) in [5, 5.41) is 3.15. The molecule has 60 valence electrons. The van der Waals surface area contributed by atoms with E-state index in [1.54, 1.807) is 0 Å². The van der Waals surface area contributed by atoms with Crippen molar-refractivity contribution in [2.45, 2.75) is 31.8 Å². The van der Waals surface area contributed by atoms with Gasteiger partial charge in [0.2, 0.25) is 0 Å². The van der Waals surface area contributed by atoms with Gasteiger partial charge in [-0.1, -0.05) is 12.2 Å². The first-order valence-electron chi connectivity index (χ1n) is 3.09. The van der Waals surface area contributed by atoms with Crippen molar-refractivity contribution in [2.75, 3.05) is 0 Å². The average molecular weight is 181 g/mol. The van der Waals surface area contributed by atoms with Crippen molar-refractivity contribution >= 4 is 29.6 Å². The van der Waals surface area contributed by atoms with Crippen molar-refractivity contribution < 1.29 is 0 Å². The van der Waals surface area contributed by atoms with E-state index < -0.39 is 0 Å². The molecule has 0 radical (unpaired) electrons. The Morgan fingerprint density at radius 3 is 2.30 bits per heavy atom. The van der Waals surface area contributed by atoms with Crippen LogP contribution in [0.2, 0.25) is 0 Å². The molecule has 1 aliphatic rings. The Morgan fingerprint density at radius 1 is 1.70 bits per heavy atom. The van der Waals surface area contributed by atoms with Crippen molar-refractivity contribution in [2.24, 2.45) is 5.73 Å². The second kappa shape index (κ2) is 3.03. The van der Waals surface area contributed by atoms with Crippen LogP contribution < -0.4 is 11.1 Å². The highest BCUT2D eigenvalue weighted by molar-refractivity contribution is 7.80. The van der Waals surface area contributed by atoms with Crippen molar-refractivity contribution in [1.82, 2.24) is 5.32 Å². The summed E-state index contributed by atoms with van der Waals surface area (Å²) in [6, 6.07) is 0.0787. The summed E-state index contributed by atoms with van der Waals surface area (Å²) < 4.78 is 0. The van der Waals surface area contributed by atoms with Crippen LogP contribution in [0.4, 0.5) is 0 Å². The SMILES string of the molecule is CC1(C)CC(N)C(=S)N1.Cl. The summed E-state index contributed by atoms with van der Waals surface area (Å²) in [6.07, 6.45) is 0.950. The topological polar surface area (TPSA) is 38.0 Å². The highest BCUT2D eigenvalue weighted by atomic mass is 35.5. The molecule has 1 heterocycles. The van der Waals surface area contributed by atoms with Crippen LogP contribution in [0.5, 0.6) is 0 Å². The fraction of sp³-hybridized carbons (Fsp3) is 0.833. The highest BCUT2D eigenvalue weighted by Crippen LogP contribution is 2.17. The predicted octanol–water partition coefficient (Wildman–Crippen LogP) is 0.835. The maximum Gasteiger partial charge on any atom is 0.0928 e. The predicted molar refractivity (Wildman–Crippen MR) is 49.7 cm³/mol. The molecule has 0 amide bonds. The number of hydrogen-bond donors (Lipinski definition) is 2. The molecule has 1 aliphatic heterocycles. The number of nitrogens with two attached hydrogens (primary N) is 1. The van der Waals surface area contributed by atoms with E-state index in [1.165, 1.54) is 0 Å². The first-order valence-corrected chi connectivity index (χ1v) is 3.50. The largest absolute Gasteiger partial charge is 0.373 e. The molecule has 0 aromatic heterocycles. The number of nitrogens with one attached hydrogen (secondary N) is 1. The van der Waals surface area contributed by atoms with E-state index >= 15 is 0 Å². The Labute approximate surface area is 73.0 Å². The quantitative estimate of drug-likeness (QED) is 0.543. The molecule has 1 unspecified atom stereocenters. The zero-order valence-corrected chi connectivity index (χ0v) is 7.81. The Hall–Kier alpha value is 0.140. The third-order valence-corrected chi connectivity index (χ3v) is 1.93. The van der Waals surface area contributed by atoms with Crippen molar-refractivity contribution in [1.29, 1.82) is 0 Å². The number of rotatable bonds is 0. The maximum absolute atomic E-state index is 5.65. The van der Waals surface area contributed by atoms with E-state index in [0.717, 1.165) is 11.4 Å². The first-order chi connectivity index (χ1) is 4.01. The fourth-order valence-electron chi connectivity index (χ4n) is 1.12. The van der Waals surface area contributed by atoms with E-state index in [9.17, 15) is 0 Å². The summed E-state index contributed by atoms with van der Waals surface area (Å²) >= 11 is 4.95. The van der Waals surface area contributed by atoms with Crippen molar-refractivity contribution in [3.8, 4) is 0 Å². The molecule has 2 nitrogen and oxygen atoms in total. The van der Waals surface area contributed by atoms with Gasteiger partial charge in [-0.05, 0) is 20.3 Å². The van der Waals surface area contributed by atoms with Crippen molar-refractivity contribution in [3.63, 3.8) is 0 Å². The molecule has 1 fully saturated rings. The summed E-state index contributed by atoms with van der Waals surface area (Å²) in [6.45, 7) is 4.21. The molecule has 4 heteroatoms. The van der Waals surface area contributed by atoms with Crippen LogP contribution in [-0.2, 0) is 0 Å². The minimum Gasteiger partial charge on any atom is -0.373 e. The van der Waals surface area contributed by atoms with Gasteiger partial charge in [0.25, 0.3) is 0 Å². The third-order valence-electron chi connectivity index (χ3n) is 1.53. The normalized spacial score (nSPS) is 29.1. The lowest BCUT2D eigenvalue weighted by molar-refractivity contribution is 0.467. The van der Waals surface area contributed by atoms with Crippen LogP contribution in [-0.4, -0.2) is 16.6 Å². The van der Waals surface area contributed by atoms with E-state index in [-0.39, 0.29) is 24.0 Å². The second-order valence-corrected chi connectivity index (χ2v) is 3.62. The van der Waals surface area contributed by atoms with Crippen LogP contribution in [0.1, 0.15) is 20.3 Å². The Bertz CT molecular complexity index is 147. The zero-order valence-electron chi connectivity index (χ0n) is 6.18. The molecule has 0 spiro atoms. The lowest BCUT2D eigenvalue weighted by Gasteiger charge is -2.16. The summed E-state index contributed by atoms with van der Waals surface area (Å²) in [5.74, 6) is 0. The molecule has 0 saturated carbocycles. The molecular formula is C6H13ClN2S. The molecule has 0 aromatic carbocycles. The molecule has 0 bridgehead atoms. The number of halogens is 1. The number of hydrogen-bond acceptors (Lipinski definition) is 2. The van der Waals surface area contributed by atoms with Gasteiger partial charge in [0.05, 0.1) is 11.0 Å². The summed E-state index contributed by atoms with van der Waals surface area (Å²) in [4.78, 5) is 0.806. The first kappa shape index (κ1) is 10.1. The van der Waals surface area contributed by atoms with E-state index in [2.05, 4.69) is 19.2 Å². The monoisotopic (exact) mass is 180 g/mol. The van der Waals surface area contributed by atoms with Crippen molar-refractivity contribution in [3.05, 3.63) is 0 Å². The molecule has 3 N–H and O–H groups in total. The summed E-state index contributed by atoms with van der Waals surface area (Å²) in [7, 11) is 0. The van der Waals surface area contributed by atoms with Gasteiger partial charge in [-0.3, -0.25) is 0 Å². The molecule has 1 saturated heterocycles. The lowest BCUT2D eigenvalue weighted by Crippen LogP contribution is -2.34. The van der Waals surface area contributed by atoms with E-state index in [4.69, 9.17) is 18.0 Å². The van der Waals surface area contributed by atoms with Gasteiger partial charge in [0.15, 0.2) is 0 Å². The summed E-state index contributed by atoms with van der Waals surface area (Å²) in [5.41, 5.74) is 5.77. The highest BCUT2D eigenvalue weighted by Gasteiger charge is 2.31. The Morgan fingerprint density at radius 2 is 2.20 bits per heavy atom. The van der Waals surface area contributed by atoms with Crippen LogP contribution in [0.3, 0.4) is 0 Å². The van der Waals surface area contributed by atoms with Gasteiger partial charge in [0.1, 0.15) is 0 Å². The van der Waals surface area contributed by atoms with Gasteiger partial charge in [-0.15, -0.1) is 12.4 Å². The maximum atomic E-state index is 5.65. The molecule has 1 rings (SSSR count). The number of thiocarbonyl (C=S) groups is 1. The van der Waals surface area contributed by atoms with Gasteiger partial charge in [0, 0.05) is 5.54 Å². The van der Waals surface area contributed by atoms with Gasteiger partial charge < -0.3 is 11.1 Å². The minimum atomic E-state index is 0. The average Bonchev–Trinajstić information content (AvgIpc) is 1.79. The molecule has 0 aromatic rings. The molecular weight excluding hydrogens is 168 g/mol. The standard InChI is InChI=1S/C6H12N2S.ClH/c1-6(2)3-4(7)5(9)8-6;/h4H,3,7H2,1-2H3,(H,8,9);1H. The minimum absolute atomic E-state index is 0. The molecule has 0 aliphatic carbocycles. The lowest BCUT2D eigenvalue weighted by atomic mass is 10.0. The van der Waals surface area contributed by atoms with Gasteiger partial charge in [-0.25, -0.2) is 0 Å². The Balaban J connectivity index is 0.000000810. The Kier molecular flexibility index (Phi) is 3.07. The second-order valence-electron chi connectivity index (χ2n) is 3.18. The van der Waals surface area contributed by atoms with E-state index in [1.807, 2.05) is 0 Å². The van der Waals surface area contributed by atoms with Crippen LogP contribution in [0.15, 0.2) is 0 Å². The molecule has 1 atom stereocenters. The smallest absolute Gasteiger partial charge is 0.0928 e. The molecule has 10 heavy (non-hydrogen) atoms. The van der Waals surface area contributed by atoms with Gasteiger partial charge in [-0.2, -0.15) is 0 Å². The third kappa shape index (κ3) is 2.08. The van der Waals surface area contributed by atoms with E-state index in [0.29, 0.717) is 0 Å². The van der Waals surface area contributed by atoms with Crippen LogP contribution in [0.25, 0.3) is 0 Å². The fourth-order valence-corrected chi connectivity index (χ4v) is 1.48. The van der Waals surface area contributed by atoms with Gasteiger partial charge >= 0.3 is 0 Å². The zero-order chi connectivity index (χ0) is 7.07. The van der Waals surface area contributed by atoms with Crippen LogP contribution >= 0.6 is 24.6 Å².